The van der Waals surface area contributed by atoms with E-state index in [9.17, 15) is 4.79 Å². The summed E-state index contributed by atoms with van der Waals surface area (Å²) in [7, 11) is 0. The number of nitrogens with zero attached hydrogens (tertiary/aromatic N) is 5. The first-order valence-electron chi connectivity index (χ1n) is 9.49. The molecule has 0 unspecified atom stereocenters. The Balaban J connectivity index is 1.58. The van der Waals surface area contributed by atoms with Crippen molar-refractivity contribution >= 4 is 22.4 Å². The number of hydrogen-bond donors (Lipinski definition) is 1. The molecule has 26 heavy (non-hydrogen) atoms. The molecule has 0 atom stereocenters. The van der Waals surface area contributed by atoms with Crippen LogP contribution in [0.4, 0.5) is 5.13 Å². The van der Waals surface area contributed by atoms with E-state index >= 15 is 0 Å². The lowest BCUT2D eigenvalue weighted by molar-refractivity contribution is 0.0945. The molecule has 1 saturated heterocycles. The van der Waals surface area contributed by atoms with Gasteiger partial charge in [0.2, 0.25) is 10.3 Å². The summed E-state index contributed by atoms with van der Waals surface area (Å²) >= 11 is 1.54. The third kappa shape index (κ3) is 4.42. The minimum absolute atomic E-state index is 0.0625. The second-order valence-electron chi connectivity index (χ2n) is 6.46. The van der Waals surface area contributed by atoms with Crippen molar-refractivity contribution in [2.24, 2.45) is 0 Å². The molecule has 0 saturated carbocycles. The minimum atomic E-state index is -0.0625. The van der Waals surface area contributed by atoms with E-state index in [1.54, 1.807) is 0 Å². The molecule has 1 aliphatic heterocycles. The molecule has 0 aliphatic carbocycles. The molecule has 1 fully saturated rings. The Kier molecular flexibility index (Phi) is 6.62. The van der Waals surface area contributed by atoms with Crippen molar-refractivity contribution in [3.63, 3.8) is 0 Å². The molecule has 2 aromatic heterocycles. The summed E-state index contributed by atoms with van der Waals surface area (Å²) in [5.74, 6) is -0.0625. The third-order valence-electron chi connectivity index (χ3n) is 4.80. The monoisotopic (exact) mass is 376 g/mol. The van der Waals surface area contributed by atoms with Crippen molar-refractivity contribution in [2.45, 2.75) is 33.1 Å². The lowest BCUT2D eigenvalue weighted by Crippen LogP contribution is -2.30. The highest BCUT2D eigenvalue weighted by atomic mass is 32.1. The van der Waals surface area contributed by atoms with E-state index in [-0.39, 0.29) is 5.91 Å². The summed E-state index contributed by atoms with van der Waals surface area (Å²) in [6.07, 6.45) is 5.24. The van der Waals surface area contributed by atoms with E-state index < -0.39 is 0 Å². The largest absolute Gasteiger partial charge is 0.351 e. The maximum atomic E-state index is 12.5. The van der Waals surface area contributed by atoms with Gasteiger partial charge in [-0.1, -0.05) is 25.2 Å². The summed E-state index contributed by atoms with van der Waals surface area (Å²) in [6.45, 7) is 10.2. The lowest BCUT2D eigenvalue weighted by Gasteiger charge is -2.17. The average Bonchev–Trinajstić information content (AvgIpc) is 3.41. The first-order valence-corrected chi connectivity index (χ1v) is 10.3. The molecule has 0 radical (unpaired) electrons. The molecule has 3 rings (SSSR count). The van der Waals surface area contributed by atoms with Gasteiger partial charge in [0.1, 0.15) is 5.69 Å². The van der Waals surface area contributed by atoms with Gasteiger partial charge in [-0.2, -0.15) is 0 Å². The molecule has 2 aromatic rings. The molecule has 8 heteroatoms. The first kappa shape index (κ1) is 18.8. The quantitative estimate of drug-likeness (QED) is 0.681. The van der Waals surface area contributed by atoms with Gasteiger partial charge in [0.05, 0.1) is 0 Å². The van der Waals surface area contributed by atoms with E-state index in [1.165, 1.54) is 24.2 Å². The molecule has 0 bridgehead atoms. The molecule has 3 heterocycles. The zero-order chi connectivity index (χ0) is 18.4. The van der Waals surface area contributed by atoms with Crippen LogP contribution < -0.4 is 10.2 Å². The van der Waals surface area contributed by atoms with Crippen LogP contribution in [0.5, 0.6) is 0 Å². The van der Waals surface area contributed by atoms with Crippen LogP contribution in [0.25, 0.3) is 5.13 Å². The van der Waals surface area contributed by atoms with Crippen molar-refractivity contribution in [2.75, 3.05) is 44.2 Å². The zero-order valence-corrected chi connectivity index (χ0v) is 16.5. The maximum absolute atomic E-state index is 12.5. The predicted octanol–water partition coefficient (Wildman–Crippen LogP) is 2.39. The van der Waals surface area contributed by atoms with Gasteiger partial charge in [0.15, 0.2) is 0 Å². The van der Waals surface area contributed by atoms with E-state index in [4.69, 9.17) is 0 Å². The minimum Gasteiger partial charge on any atom is -0.351 e. The number of anilines is 1. The Labute approximate surface area is 159 Å². The zero-order valence-electron chi connectivity index (χ0n) is 15.6. The van der Waals surface area contributed by atoms with E-state index in [1.807, 2.05) is 22.9 Å². The molecule has 7 nitrogen and oxygen atoms in total. The van der Waals surface area contributed by atoms with Gasteiger partial charge in [-0.05, 0) is 51.0 Å². The van der Waals surface area contributed by atoms with Crippen LogP contribution in [-0.4, -0.2) is 64.8 Å². The standard InChI is InChI=1S/C18H28N6OS/c1-3-22(4-2)11-8-10-19-16(25)15-9-7-14-24(15)18-21-20-17(26-18)23-12-5-6-13-23/h7,9,14H,3-6,8,10-13H2,1-2H3,(H,19,25). The number of carbonyl (C=O) groups is 1. The van der Waals surface area contributed by atoms with Crippen molar-refractivity contribution < 1.29 is 4.79 Å². The Hall–Kier alpha value is -1.93. The fourth-order valence-electron chi connectivity index (χ4n) is 3.21. The summed E-state index contributed by atoms with van der Waals surface area (Å²) in [5, 5.41) is 13.3. The highest BCUT2D eigenvalue weighted by molar-refractivity contribution is 7.17. The van der Waals surface area contributed by atoms with Crippen molar-refractivity contribution in [1.29, 1.82) is 0 Å². The third-order valence-corrected chi connectivity index (χ3v) is 5.78. The van der Waals surface area contributed by atoms with Crippen LogP contribution in [0.1, 0.15) is 43.6 Å². The molecular weight excluding hydrogens is 348 g/mol. The molecule has 1 amide bonds. The number of rotatable bonds is 9. The molecular formula is C18H28N6OS. The van der Waals surface area contributed by atoms with Gasteiger partial charge in [-0.25, -0.2) is 0 Å². The van der Waals surface area contributed by atoms with Crippen LogP contribution in [-0.2, 0) is 0 Å². The van der Waals surface area contributed by atoms with Crippen LogP contribution in [0.2, 0.25) is 0 Å². The Morgan fingerprint density at radius 3 is 2.69 bits per heavy atom. The summed E-state index contributed by atoms with van der Waals surface area (Å²) in [5.41, 5.74) is 0.608. The van der Waals surface area contributed by atoms with Gasteiger partial charge in [0, 0.05) is 25.8 Å². The molecule has 0 spiro atoms. The number of amides is 1. The Morgan fingerprint density at radius 1 is 1.23 bits per heavy atom. The Bertz CT molecular complexity index is 702. The highest BCUT2D eigenvalue weighted by Crippen LogP contribution is 2.27. The molecule has 0 aromatic carbocycles. The van der Waals surface area contributed by atoms with E-state index in [0.717, 1.165) is 49.4 Å². The first-order chi connectivity index (χ1) is 12.7. The average molecular weight is 377 g/mol. The van der Waals surface area contributed by atoms with Gasteiger partial charge in [-0.15, -0.1) is 10.2 Å². The summed E-state index contributed by atoms with van der Waals surface area (Å²) < 4.78 is 1.83. The van der Waals surface area contributed by atoms with Crippen LogP contribution >= 0.6 is 11.3 Å². The van der Waals surface area contributed by atoms with Gasteiger partial charge >= 0.3 is 0 Å². The fourth-order valence-corrected chi connectivity index (χ4v) is 4.11. The summed E-state index contributed by atoms with van der Waals surface area (Å²) in [4.78, 5) is 17.2. The molecule has 1 N–H and O–H groups in total. The highest BCUT2D eigenvalue weighted by Gasteiger charge is 2.19. The smallest absolute Gasteiger partial charge is 0.268 e. The number of hydrogen-bond acceptors (Lipinski definition) is 6. The second-order valence-corrected chi connectivity index (χ2v) is 7.40. The van der Waals surface area contributed by atoms with Gasteiger partial charge in [0.25, 0.3) is 5.91 Å². The van der Waals surface area contributed by atoms with Crippen molar-refractivity contribution in [1.82, 2.24) is 25.0 Å². The predicted molar refractivity (Wildman–Crippen MR) is 105 cm³/mol. The van der Waals surface area contributed by atoms with Gasteiger partial charge < -0.3 is 15.1 Å². The van der Waals surface area contributed by atoms with Crippen LogP contribution in [0.3, 0.4) is 0 Å². The van der Waals surface area contributed by atoms with Crippen LogP contribution in [0, 0.1) is 0 Å². The summed E-state index contributed by atoms with van der Waals surface area (Å²) in [6, 6.07) is 3.71. The number of nitrogens with one attached hydrogen (secondary N) is 1. The fraction of sp³-hybridized carbons (Fsp3) is 0.611. The molecule has 142 valence electrons. The Morgan fingerprint density at radius 2 is 1.96 bits per heavy atom. The maximum Gasteiger partial charge on any atom is 0.268 e. The van der Waals surface area contributed by atoms with E-state index in [2.05, 4.69) is 39.2 Å². The molecule has 1 aliphatic rings. The van der Waals surface area contributed by atoms with Gasteiger partial charge in [-0.3, -0.25) is 9.36 Å². The second kappa shape index (κ2) is 9.14. The number of aromatic nitrogens is 3. The normalized spacial score (nSPS) is 14.3. The van der Waals surface area contributed by atoms with Crippen molar-refractivity contribution in [3.05, 3.63) is 24.0 Å². The number of carbonyl (C=O) groups excluding carboxylic acids is 1. The van der Waals surface area contributed by atoms with Crippen LogP contribution in [0.15, 0.2) is 18.3 Å². The topological polar surface area (TPSA) is 66.3 Å². The SMILES string of the molecule is CCN(CC)CCCNC(=O)c1cccn1-c1nnc(N2CCCC2)s1. The van der Waals surface area contributed by atoms with Crippen molar-refractivity contribution in [3.8, 4) is 5.13 Å². The lowest BCUT2D eigenvalue weighted by atomic mass is 10.3. The van der Waals surface area contributed by atoms with E-state index in [0.29, 0.717) is 12.2 Å².